The summed E-state index contributed by atoms with van der Waals surface area (Å²) < 4.78 is 39.1. The summed E-state index contributed by atoms with van der Waals surface area (Å²) in [5.74, 6) is -0.661. The van der Waals surface area contributed by atoms with Crippen LogP contribution in [0.1, 0.15) is 23.6 Å². The summed E-state index contributed by atoms with van der Waals surface area (Å²) in [4.78, 5) is 15.0. The number of rotatable bonds is 4. The maximum atomic E-state index is 13.0. The lowest BCUT2D eigenvalue weighted by molar-refractivity contribution is -0.410. The first-order valence-corrected chi connectivity index (χ1v) is 8.35. The highest BCUT2D eigenvalue weighted by atomic mass is 32.2. The van der Waals surface area contributed by atoms with Gasteiger partial charge in [-0.05, 0) is 25.1 Å². The molecule has 0 spiro atoms. The molecule has 2 rings (SSSR count). The number of nitriles is 2. The van der Waals surface area contributed by atoms with Crippen molar-refractivity contribution in [3.05, 3.63) is 47.0 Å². The summed E-state index contributed by atoms with van der Waals surface area (Å²) in [5, 5.41) is 19.8. The molecule has 0 saturated carbocycles. The number of nitrogens with one attached hydrogen (secondary N) is 2. The molecule has 0 fully saturated rings. The second kappa shape index (κ2) is 7.98. The van der Waals surface area contributed by atoms with E-state index in [1.807, 2.05) is 12.1 Å². The van der Waals surface area contributed by atoms with Crippen LogP contribution in [0.2, 0.25) is 0 Å². The highest BCUT2D eigenvalue weighted by Gasteiger charge is 2.34. The zero-order chi connectivity index (χ0) is 20.2. The summed E-state index contributed by atoms with van der Waals surface area (Å²) in [5.41, 5.74) is 4.54. The maximum Gasteiger partial charge on any atom is 0.418 e. The first-order chi connectivity index (χ1) is 12.7. The molecule has 0 unspecified atom stereocenters. The number of carbonyl (C=O) groups excluding carboxylic acids is 1. The zero-order valence-corrected chi connectivity index (χ0v) is 14.7. The van der Waals surface area contributed by atoms with Crippen molar-refractivity contribution >= 4 is 29.2 Å². The molecule has 0 aliphatic rings. The van der Waals surface area contributed by atoms with Crippen molar-refractivity contribution in [2.24, 2.45) is 0 Å². The molecule has 1 heterocycles. The minimum atomic E-state index is -4.61. The number of hydrogen-bond donors (Lipinski definition) is 2. The van der Waals surface area contributed by atoms with E-state index in [9.17, 15) is 23.2 Å². The molecule has 0 aliphatic heterocycles. The normalized spacial score (nSPS) is 11.9. The molecule has 1 amide bonds. The molecule has 0 radical (unpaired) electrons. The van der Waals surface area contributed by atoms with Crippen LogP contribution in [0.5, 0.6) is 0 Å². The average molecular weight is 392 g/mol. The van der Waals surface area contributed by atoms with Crippen molar-refractivity contribution < 1.29 is 22.9 Å². The first kappa shape index (κ1) is 20.1. The lowest BCUT2D eigenvalue weighted by Gasteiger charge is -2.16. The van der Waals surface area contributed by atoms with Gasteiger partial charge >= 0.3 is 6.18 Å². The van der Waals surface area contributed by atoms with Gasteiger partial charge in [-0.2, -0.15) is 23.7 Å². The summed E-state index contributed by atoms with van der Waals surface area (Å²) in [6.07, 6.45) is -4.61. The Morgan fingerprint density at radius 1 is 1.26 bits per heavy atom. The van der Waals surface area contributed by atoms with E-state index in [0.717, 1.165) is 23.9 Å². The number of H-pyrrole nitrogens is 1. The second-order valence-corrected chi connectivity index (χ2v) is 6.71. The number of aromatic nitrogens is 1. The van der Waals surface area contributed by atoms with Gasteiger partial charge in [0.1, 0.15) is 23.3 Å². The Hall–Kier alpha value is -3.24. The van der Waals surface area contributed by atoms with Crippen molar-refractivity contribution in [1.82, 2.24) is 0 Å². The molecule has 2 aromatic rings. The van der Waals surface area contributed by atoms with Crippen molar-refractivity contribution in [3.63, 3.8) is 0 Å². The van der Waals surface area contributed by atoms with Gasteiger partial charge in [0.2, 0.25) is 5.91 Å². The predicted octanol–water partition coefficient (Wildman–Crippen LogP) is 2.96. The van der Waals surface area contributed by atoms with E-state index in [2.05, 4.69) is 10.3 Å². The molecule has 6 nitrogen and oxygen atoms in total. The number of nitrogens with two attached hydrogens (primary N) is 1. The quantitative estimate of drug-likeness (QED) is 0.776. The number of para-hydroxylation sites is 1. The lowest BCUT2D eigenvalue weighted by atomic mass is 10.1. The van der Waals surface area contributed by atoms with Crippen molar-refractivity contribution in [1.29, 1.82) is 10.5 Å². The number of pyridine rings is 1. The van der Waals surface area contributed by atoms with Gasteiger partial charge < -0.3 is 5.32 Å². The van der Waals surface area contributed by atoms with E-state index in [-0.39, 0.29) is 27.7 Å². The summed E-state index contributed by atoms with van der Waals surface area (Å²) >= 11 is 0.908. The van der Waals surface area contributed by atoms with Crippen LogP contribution in [-0.4, -0.2) is 11.2 Å². The van der Waals surface area contributed by atoms with E-state index in [1.54, 1.807) is 0 Å². The monoisotopic (exact) mass is 392 g/mol. The van der Waals surface area contributed by atoms with Crippen LogP contribution in [0.4, 0.5) is 24.7 Å². The Bertz CT molecular complexity index is 963. The van der Waals surface area contributed by atoms with Crippen molar-refractivity contribution in [2.45, 2.75) is 23.4 Å². The molecule has 1 aromatic carbocycles. The predicted molar refractivity (Wildman–Crippen MR) is 92.2 cm³/mol. The third kappa shape index (κ3) is 4.68. The largest absolute Gasteiger partial charge is 0.418 e. The molecular formula is C17H13F3N5OS+. The number of benzene rings is 1. The third-order valence-electron chi connectivity index (χ3n) is 3.47. The van der Waals surface area contributed by atoms with Gasteiger partial charge in [0.05, 0.1) is 16.5 Å². The molecule has 27 heavy (non-hydrogen) atoms. The standard InChI is InChI=1S/C17H12F3N5OS/c1-9(27-16-11(8-22)6-10(7-21)14(23)25-16)15(26)24-13-5-3-2-4-12(13)17(18,19)20/h2-6,9H,1H3,(H2,23,25)(H,24,26)/p+1/t9-/m0/s1. The molecule has 4 N–H and O–H groups in total. The Labute approximate surface area is 156 Å². The van der Waals surface area contributed by atoms with Crippen LogP contribution in [0.15, 0.2) is 35.4 Å². The lowest BCUT2D eigenvalue weighted by Crippen LogP contribution is -2.26. The molecular weight excluding hydrogens is 379 g/mol. The Kier molecular flexibility index (Phi) is 5.93. The zero-order valence-electron chi connectivity index (χ0n) is 13.9. The minimum absolute atomic E-state index is 0.0222. The fraction of sp³-hybridized carbons (Fsp3) is 0.176. The Morgan fingerprint density at radius 2 is 1.89 bits per heavy atom. The van der Waals surface area contributed by atoms with Gasteiger partial charge in [-0.3, -0.25) is 10.5 Å². The van der Waals surface area contributed by atoms with E-state index >= 15 is 0 Å². The van der Waals surface area contributed by atoms with Crippen molar-refractivity contribution in [3.8, 4) is 12.1 Å². The van der Waals surface area contributed by atoms with E-state index in [4.69, 9.17) is 11.0 Å². The molecule has 0 aliphatic carbocycles. The number of anilines is 2. The molecule has 138 valence electrons. The molecule has 10 heteroatoms. The molecule has 0 saturated heterocycles. The minimum Gasteiger partial charge on any atom is -0.325 e. The number of amides is 1. The maximum absolute atomic E-state index is 13.0. The summed E-state index contributed by atoms with van der Waals surface area (Å²) in [7, 11) is 0. The van der Waals surface area contributed by atoms with Crippen LogP contribution in [0, 0.1) is 22.7 Å². The Balaban J connectivity index is 2.23. The smallest absolute Gasteiger partial charge is 0.325 e. The number of alkyl halides is 3. The van der Waals surface area contributed by atoms with Crippen LogP contribution in [0.25, 0.3) is 0 Å². The van der Waals surface area contributed by atoms with Gasteiger partial charge in [-0.25, -0.2) is 4.98 Å². The highest BCUT2D eigenvalue weighted by molar-refractivity contribution is 8.00. The number of carbonyl (C=O) groups is 1. The number of hydrogen-bond acceptors (Lipinski definition) is 5. The second-order valence-electron chi connectivity index (χ2n) is 5.36. The number of thioether (sulfide) groups is 1. The topological polar surface area (TPSA) is 117 Å². The molecule has 1 atom stereocenters. The molecule has 0 bridgehead atoms. The summed E-state index contributed by atoms with van der Waals surface area (Å²) in [6.45, 7) is 1.47. The number of nitrogen functional groups attached to an aromatic ring is 1. The van der Waals surface area contributed by atoms with Gasteiger partial charge in [0, 0.05) is 0 Å². The van der Waals surface area contributed by atoms with Gasteiger partial charge in [0.25, 0.3) is 5.82 Å². The van der Waals surface area contributed by atoms with Crippen LogP contribution < -0.4 is 16.0 Å². The van der Waals surface area contributed by atoms with Crippen molar-refractivity contribution in [2.75, 3.05) is 11.1 Å². The van der Waals surface area contributed by atoms with E-state index < -0.39 is 22.9 Å². The fourth-order valence-electron chi connectivity index (χ4n) is 2.12. The third-order valence-corrected chi connectivity index (χ3v) is 4.59. The van der Waals surface area contributed by atoms with E-state index in [0.29, 0.717) is 0 Å². The van der Waals surface area contributed by atoms with E-state index in [1.165, 1.54) is 25.1 Å². The highest BCUT2D eigenvalue weighted by Crippen LogP contribution is 2.35. The fourth-order valence-corrected chi connectivity index (χ4v) is 3.04. The first-order valence-electron chi connectivity index (χ1n) is 7.47. The number of halogens is 3. The summed E-state index contributed by atoms with van der Waals surface area (Å²) in [6, 6.07) is 9.62. The molecule has 1 aromatic heterocycles. The van der Waals surface area contributed by atoms with Crippen LogP contribution in [-0.2, 0) is 11.0 Å². The Morgan fingerprint density at radius 3 is 2.48 bits per heavy atom. The number of nitrogens with zero attached hydrogens (tertiary/aromatic N) is 2. The van der Waals surface area contributed by atoms with Gasteiger partial charge in [-0.15, -0.1) is 0 Å². The van der Waals surface area contributed by atoms with Gasteiger partial charge in [0.15, 0.2) is 5.03 Å². The van der Waals surface area contributed by atoms with Crippen LogP contribution in [0.3, 0.4) is 0 Å². The number of aromatic amines is 1. The SMILES string of the molecule is C[C@H](Sc1[nH+]c(N)c(C#N)cc1C#N)C(=O)Nc1ccccc1C(F)(F)F. The van der Waals surface area contributed by atoms with Crippen LogP contribution >= 0.6 is 11.8 Å². The van der Waals surface area contributed by atoms with Gasteiger partial charge in [-0.1, -0.05) is 23.9 Å². The average Bonchev–Trinajstić information content (AvgIpc) is 2.61.